The monoisotopic (exact) mass is 360 g/mol. The summed E-state index contributed by atoms with van der Waals surface area (Å²) in [4.78, 5) is 5.81. The Bertz CT molecular complexity index is 871. The Labute approximate surface area is 150 Å². The molecule has 1 aromatic heterocycles. The number of sulfone groups is 1. The molecule has 2 heterocycles. The van der Waals surface area contributed by atoms with Crippen LogP contribution in [0.4, 0.5) is 0 Å². The molecule has 1 aliphatic carbocycles. The fourth-order valence-corrected chi connectivity index (χ4v) is 6.84. The number of aromatic amines is 1. The molecule has 2 aromatic rings. The van der Waals surface area contributed by atoms with Crippen molar-refractivity contribution in [3.63, 3.8) is 0 Å². The summed E-state index contributed by atoms with van der Waals surface area (Å²) in [5, 5.41) is 1.38. The Morgan fingerprint density at radius 2 is 2.16 bits per heavy atom. The van der Waals surface area contributed by atoms with Crippen LogP contribution in [0.1, 0.15) is 43.2 Å². The van der Waals surface area contributed by atoms with E-state index in [0.717, 1.165) is 32.2 Å². The zero-order chi connectivity index (χ0) is 17.6. The summed E-state index contributed by atoms with van der Waals surface area (Å²) < 4.78 is 24.9. The van der Waals surface area contributed by atoms with Gasteiger partial charge in [0.05, 0.1) is 11.5 Å². The number of aromatic nitrogens is 1. The number of hydrogen-bond acceptors (Lipinski definition) is 3. The number of H-pyrrole nitrogens is 1. The molecular weight excluding hydrogens is 332 g/mol. The highest BCUT2D eigenvalue weighted by Crippen LogP contribution is 2.44. The molecule has 3 atom stereocenters. The van der Waals surface area contributed by atoms with E-state index in [2.05, 4.69) is 41.3 Å². The van der Waals surface area contributed by atoms with Gasteiger partial charge in [0.25, 0.3) is 0 Å². The molecule has 4 nitrogen and oxygen atoms in total. The van der Waals surface area contributed by atoms with Crippen molar-refractivity contribution in [1.82, 2.24) is 9.88 Å². The first-order valence-electron chi connectivity index (χ1n) is 9.48. The van der Waals surface area contributed by atoms with Gasteiger partial charge in [-0.2, -0.15) is 0 Å². The van der Waals surface area contributed by atoms with E-state index in [1.807, 2.05) is 6.92 Å². The second-order valence-electron chi connectivity index (χ2n) is 7.97. The second kappa shape index (κ2) is 6.44. The molecule has 2 aliphatic rings. The van der Waals surface area contributed by atoms with Gasteiger partial charge < -0.3 is 9.88 Å². The van der Waals surface area contributed by atoms with E-state index in [4.69, 9.17) is 0 Å². The van der Waals surface area contributed by atoms with Crippen LogP contribution in [0.15, 0.2) is 24.4 Å². The summed E-state index contributed by atoms with van der Waals surface area (Å²) in [6.07, 6.45) is 5.92. The number of hydrogen-bond donors (Lipinski definition) is 1. The predicted octanol–water partition coefficient (Wildman–Crippen LogP) is 3.34. The summed E-state index contributed by atoms with van der Waals surface area (Å²) in [5.74, 6) is 1.37. The van der Waals surface area contributed by atoms with Crippen LogP contribution >= 0.6 is 0 Å². The van der Waals surface area contributed by atoms with Crippen molar-refractivity contribution in [2.45, 2.75) is 44.6 Å². The molecule has 1 aromatic carbocycles. The molecular formula is C20H28N2O2S. The highest BCUT2D eigenvalue weighted by molar-refractivity contribution is 7.91. The first kappa shape index (κ1) is 17.1. The average Bonchev–Trinajstić information content (AvgIpc) is 2.98. The van der Waals surface area contributed by atoms with Gasteiger partial charge in [0.1, 0.15) is 0 Å². The van der Waals surface area contributed by atoms with Gasteiger partial charge in [0, 0.05) is 35.6 Å². The van der Waals surface area contributed by atoms with E-state index in [1.54, 1.807) is 0 Å². The molecule has 4 rings (SSSR count). The van der Waals surface area contributed by atoms with Gasteiger partial charge in [-0.3, -0.25) is 0 Å². The number of nitrogens with zero attached hydrogens (tertiary/aromatic N) is 1. The zero-order valence-corrected chi connectivity index (χ0v) is 16.0. The number of fused-ring (bicyclic) bond motifs is 2. The Morgan fingerprint density at radius 1 is 1.32 bits per heavy atom. The van der Waals surface area contributed by atoms with E-state index in [-0.39, 0.29) is 5.92 Å². The van der Waals surface area contributed by atoms with E-state index in [1.165, 1.54) is 22.0 Å². The van der Waals surface area contributed by atoms with Crippen molar-refractivity contribution in [2.24, 2.45) is 5.92 Å². The van der Waals surface area contributed by atoms with Crippen molar-refractivity contribution < 1.29 is 8.42 Å². The minimum absolute atomic E-state index is 0.240. The maximum Gasteiger partial charge on any atom is 0.150 e. The van der Waals surface area contributed by atoms with Crippen LogP contribution in [0.2, 0.25) is 0 Å². The Morgan fingerprint density at radius 3 is 2.96 bits per heavy atom. The van der Waals surface area contributed by atoms with Gasteiger partial charge in [0.15, 0.2) is 9.84 Å². The second-order valence-corrected chi connectivity index (χ2v) is 10.2. The first-order chi connectivity index (χ1) is 12.0. The van der Waals surface area contributed by atoms with Crippen molar-refractivity contribution in [3.05, 3.63) is 35.5 Å². The van der Waals surface area contributed by atoms with E-state index < -0.39 is 9.84 Å². The highest BCUT2D eigenvalue weighted by atomic mass is 32.2. The van der Waals surface area contributed by atoms with E-state index >= 15 is 0 Å². The topological polar surface area (TPSA) is 53.2 Å². The molecule has 0 bridgehead atoms. The molecule has 0 spiro atoms. The Hall–Kier alpha value is -1.33. The molecule has 136 valence electrons. The van der Waals surface area contributed by atoms with E-state index in [9.17, 15) is 8.42 Å². The third-order valence-electron chi connectivity index (χ3n) is 6.11. The quantitative estimate of drug-likeness (QED) is 0.890. The van der Waals surface area contributed by atoms with E-state index in [0.29, 0.717) is 23.5 Å². The number of unbranched alkanes of at least 4 members (excludes halogenated alkanes) is 1. The predicted molar refractivity (Wildman–Crippen MR) is 103 cm³/mol. The van der Waals surface area contributed by atoms with Crippen LogP contribution in [0, 0.1) is 5.92 Å². The van der Waals surface area contributed by atoms with Gasteiger partial charge >= 0.3 is 0 Å². The maximum atomic E-state index is 12.4. The molecule has 1 N–H and O–H groups in total. The highest BCUT2D eigenvalue weighted by Gasteiger charge is 2.40. The minimum atomic E-state index is -2.94. The number of benzene rings is 1. The molecule has 1 aliphatic heterocycles. The number of likely N-dealkylation sites (N-methyl/N-ethyl adjacent to an activating group) is 1. The molecule has 0 saturated carbocycles. The summed E-state index contributed by atoms with van der Waals surface area (Å²) in [6, 6.07) is 7.01. The molecule has 1 unspecified atom stereocenters. The van der Waals surface area contributed by atoms with Gasteiger partial charge in [-0.05, 0) is 49.4 Å². The summed E-state index contributed by atoms with van der Waals surface area (Å²) in [7, 11) is -0.772. The largest absolute Gasteiger partial charge is 0.361 e. The summed E-state index contributed by atoms with van der Waals surface area (Å²) in [5.41, 5.74) is 4.03. The lowest BCUT2D eigenvalue weighted by atomic mass is 9.73. The number of likely N-dealkylation sites (tertiary alicyclic amines) is 1. The fourth-order valence-electron chi connectivity index (χ4n) is 4.98. The van der Waals surface area contributed by atoms with Gasteiger partial charge in [-0.25, -0.2) is 8.42 Å². The normalized spacial score (nSPS) is 26.7. The van der Waals surface area contributed by atoms with Gasteiger partial charge in [-0.15, -0.1) is 0 Å². The molecule has 1 saturated heterocycles. The lowest BCUT2D eigenvalue weighted by Gasteiger charge is -2.45. The average molecular weight is 361 g/mol. The smallest absolute Gasteiger partial charge is 0.150 e. The van der Waals surface area contributed by atoms with Crippen LogP contribution in [0.3, 0.4) is 0 Å². The Kier molecular flexibility index (Phi) is 4.40. The van der Waals surface area contributed by atoms with Gasteiger partial charge in [0.2, 0.25) is 0 Å². The molecule has 0 amide bonds. The lowest BCUT2D eigenvalue weighted by Crippen LogP contribution is -2.49. The standard InChI is InChI=1S/C20H28N2O2S/c1-3-4-8-25(23,24)13-14-9-17-16-6-5-7-18-20(16)15(11-21-18)10-19(17)22(2)12-14/h5-7,11,14,17,19,21H,3-4,8-10,12-13H2,1-2H3/t14?,17-,19-/m1/s1. The lowest BCUT2D eigenvalue weighted by molar-refractivity contribution is 0.120. The van der Waals surface area contributed by atoms with Crippen LogP contribution in [0.5, 0.6) is 0 Å². The molecule has 0 radical (unpaired) electrons. The first-order valence-corrected chi connectivity index (χ1v) is 11.3. The van der Waals surface area contributed by atoms with Gasteiger partial charge in [-0.1, -0.05) is 25.5 Å². The minimum Gasteiger partial charge on any atom is -0.361 e. The summed E-state index contributed by atoms with van der Waals surface area (Å²) in [6.45, 7) is 2.94. The Balaban J connectivity index is 1.61. The molecule has 1 fully saturated rings. The number of nitrogens with one attached hydrogen (secondary N) is 1. The number of piperidine rings is 1. The maximum absolute atomic E-state index is 12.4. The molecule has 25 heavy (non-hydrogen) atoms. The number of rotatable bonds is 5. The SMILES string of the molecule is CCCCS(=O)(=O)CC1C[C@@H]2c3cccc4[nH]cc(c34)C[C@H]2N(C)C1. The van der Waals surface area contributed by atoms with Crippen LogP contribution in [-0.4, -0.2) is 49.4 Å². The fraction of sp³-hybridized carbons (Fsp3) is 0.600. The molecule has 5 heteroatoms. The third-order valence-corrected chi connectivity index (χ3v) is 8.00. The zero-order valence-electron chi connectivity index (χ0n) is 15.2. The van der Waals surface area contributed by atoms with Crippen molar-refractivity contribution in [1.29, 1.82) is 0 Å². The van der Waals surface area contributed by atoms with Crippen molar-refractivity contribution in [3.8, 4) is 0 Å². The summed E-state index contributed by atoms with van der Waals surface area (Å²) >= 11 is 0. The third kappa shape index (κ3) is 3.13. The van der Waals surface area contributed by atoms with Crippen LogP contribution < -0.4 is 0 Å². The van der Waals surface area contributed by atoms with Crippen LogP contribution in [0.25, 0.3) is 10.9 Å². The van der Waals surface area contributed by atoms with Crippen LogP contribution in [-0.2, 0) is 16.3 Å². The van der Waals surface area contributed by atoms with Crippen molar-refractivity contribution >= 4 is 20.7 Å². The van der Waals surface area contributed by atoms with Crippen molar-refractivity contribution in [2.75, 3.05) is 25.1 Å².